The molecule has 2 unspecified atom stereocenters. The van der Waals surface area contributed by atoms with Gasteiger partial charge >= 0.3 is 12.2 Å². The van der Waals surface area contributed by atoms with Gasteiger partial charge in [-0.2, -0.15) is 8.78 Å². The molecule has 1 aromatic carbocycles. The van der Waals surface area contributed by atoms with Crippen molar-refractivity contribution >= 4 is 39.0 Å². The van der Waals surface area contributed by atoms with Gasteiger partial charge in [0.1, 0.15) is 16.6 Å². The average molecular weight is 531 g/mol. The number of carbonyl (C=O) groups is 1. The van der Waals surface area contributed by atoms with E-state index in [9.17, 15) is 18.7 Å². The van der Waals surface area contributed by atoms with E-state index in [-0.39, 0.29) is 23.9 Å². The molecule has 0 spiro atoms. The maximum Gasteiger partial charge on any atom is 0.426 e. The molecule has 3 saturated heterocycles. The van der Waals surface area contributed by atoms with Gasteiger partial charge in [-0.3, -0.25) is 4.90 Å². The van der Waals surface area contributed by atoms with Gasteiger partial charge in [0.25, 0.3) is 0 Å². The minimum atomic E-state index is -3.81. The molecule has 182 valence electrons. The number of anilines is 1. The molecule has 1 aromatic heterocycles. The molecule has 3 aliphatic rings. The van der Waals surface area contributed by atoms with Crippen molar-refractivity contribution in [1.29, 1.82) is 0 Å². The number of ether oxygens (including phenoxy) is 2. The normalized spacial score (nSPS) is 21.3. The van der Waals surface area contributed by atoms with Crippen LogP contribution in [0.4, 0.5) is 19.5 Å². The van der Waals surface area contributed by atoms with Crippen LogP contribution in [0, 0.1) is 0 Å². The van der Waals surface area contributed by atoms with Crippen LogP contribution in [-0.4, -0.2) is 68.1 Å². The smallest absolute Gasteiger partial charge is 0.426 e. The third-order valence-corrected chi connectivity index (χ3v) is 6.58. The third-order valence-electron chi connectivity index (χ3n) is 5.94. The number of nitrogens with zero attached hydrogens (tertiary/aromatic N) is 4. The summed E-state index contributed by atoms with van der Waals surface area (Å²) in [7, 11) is 1.73. The van der Waals surface area contributed by atoms with Crippen molar-refractivity contribution in [1.82, 2.24) is 14.5 Å². The summed E-state index contributed by atoms with van der Waals surface area (Å²) in [6.07, 6.45) is -3.24. The van der Waals surface area contributed by atoms with E-state index in [4.69, 9.17) is 14.5 Å². The highest BCUT2D eigenvalue weighted by atomic mass is 79.9. The molecule has 1 N–H and O–H groups in total. The Hall–Kier alpha value is -2.14. The van der Waals surface area contributed by atoms with Gasteiger partial charge in [-0.25, -0.2) is 9.78 Å². The molecule has 2 atom stereocenters. The first-order valence-electron chi connectivity index (χ1n) is 10.8. The number of amides is 1. The number of rotatable bonds is 4. The van der Waals surface area contributed by atoms with Crippen molar-refractivity contribution in [3.05, 3.63) is 16.6 Å². The molecule has 11 heteroatoms. The van der Waals surface area contributed by atoms with E-state index in [1.807, 2.05) is 25.7 Å². The largest absolute Gasteiger partial charge is 0.444 e. The maximum absolute atomic E-state index is 14.5. The van der Waals surface area contributed by atoms with E-state index in [0.717, 1.165) is 20.3 Å². The molecule has 5 rings (SSSR count). The predicted octanol–water partition coefficient (Wildman–Crippen LogP) is 4.28. The highest BCUT2D eigenvalue weighted by Gasteiger charge is 2.50. The molecule has 0 aliphatic carbocycles. The lowest BCUT2D eigenvalue weighted by Crippen LogP contribution is -2.71. The number of hydrogen-bond donors (Lipinski definition) is 1. The first-order valence-corrected chi connectivity index (χ1v) is 11.6. The van der Waals surface area contributed by atoms with Crippen molar-refractivity contribution in [3.8, 4) is 5.75 Å². The number of aryl methyl sites for hydroxylation is 1. The summed E-state index contributed by atoms with van der Waals surface area (Å²) in [5, 5.41) is 9.83. The standard InChI is InChI=1S/C22H29BrF2N4O4/c1-20(2,3)33-19(30)29-12-9-13(29)11-28(10-12)18-26-16-14(23)7-8-15(17(16)27(18)6)32-22(24,25)21(4,5)31/h7-8,12-13,31H,9-11H2,1-6H3. The Morgan fingerprint density at radius 2 is 1.79 bits per heavy atom. The number of carbonyl (C=O) groups excluding carboxylic acids is 1. The van der Waals surface area contributed by atoms with Gasteiger partial charge in [-0.15, -0.1) is 0 Å². The number of alkyl halides is 2. The summed E-state index contributed by atoms with van der Waals surface area (Å²) >= 11 is 3.44. The van der Waals surface area contributed by atoms with Crippen LogP contribution in [-0.2, 0) is 11.8 Å². The van der Waals surface area contributed by atoms with Gasteiger partial charge in [0.05, 0.1) is 12.1 Å². The average Bonchev–Trinajstić information content (AvgIpc) is 3.00. The second kappa shape index (κ2) is 7.69. The molecule has 3 fully saturated rings. The lowest BCUT2D eigenvalue weighted by molar-refractivity contribution is -0.275. The van der Waals surface area contributed by atoms with E-state index >= 15 is 0 Å². The topological polar surface area (TPSA) is 80.1 Å². The maximum atomic E-state index is 14.5. The van der Waals surface area contributed by atoms with Crippen LogP contribution in [0.2, 0.25) is 0 Å². The minimum absolute atomic E-state index is 0.00269. The van der Waals surface area contributed by atoms with E-state index in [1.165, 1.54) is 6.07 Å². The molecule has 4 heterocycles. The summed E-state index contributed by atoms with van der Waals surface area (Å²) in [5.74, 6) is 0.506. The molecule has 1 amide bonds. The number of imidazole rings is 1. The first-order chi connectivity index (χ1) is 15.1. The van der Waals surface area contributed by atoms with Crippen LogP contribution in [0.5, 0.6) is 5.75 Å². The zero-order chi connectivity index (χ0) is 24.5. The zero-order valence-electron chi connectivity index (χ0n) is 19.5. The summed E-state index contributed by atoms with van der Waals surface area (Å²) in [6, 6.07) is 3.01. The number of halogens is 3. The highest BCUT2D eigenvalue weighted by molar-refractivity contribution is 9.10. The summed E-state index contributed by atoms with van der Waals surface area (Å²) in [6.45, 7) is 8.62. The molecule has 0 radical (unpaired) electrons. The van der Waals surface area contributed by atoms with Crippen LogP contribution in [0.15, 0.2) is 16.6 Å². The Morgan fingerprint density at radius 3 is 2.33 bits per heavy atom. The Labute approximate surface area is 199 Å². The van der Waals surface area contributed by atoms with E-state index in [0.29, 0.717) is 34.5 Å². The number of piperazine rings is 1. The van der Waals surface area contributed by atoms with Crippen LogP contribution < -0.4 is 9.64 Å². The zero-order valence-corrected chi connectivity index (χ0v) is 21.1. The monoisotopic (exact) mass is 530 g/mol. The SMILES string of the molecule is Cn1c(N2CC3CC(C2)N3C(=O)OC(C)(C)C)nc2c(Br)ccc(OC(F)(F)C(C)(C)O)c21. The van der Waals surface area contributed by atoms with E-state index in [1.54, 1.807) is 22.6 Å². The van der Waals surface area contributed by atoms with Gasteiger partial charge in [-0.1, -0.05) is 0 Å². The summed E-state index contributed by atoms with van der Waals surface area (Å²) in [5.41, 5.74) is -2.08. The number of fused-ring (bicyclic) bond motifs is 3. The van der Waals surface area contributed by atoms with Crippen molar-refractivity contribution in [2.75, 3.05) is 18.0 Å². The Morgan fingerprint density at radius 1 is 1.18 bits per heavy atom. The van der Waals surface area contributed by atoms with Gasteiger partial charge in [-0.05, 0) is 69.1 Å². The molecule has 8 nitrogen and oxygen atoms in total. The number of benzene rings is 1. The number of hydrogen-bond acceptors (Lipinski definition) is 6. The number of aliphatic hydroxyl groups is 1. The fraction of sp³-hybridized carbons (Fsp3) is 0.636. The lowest BCUT2D eigenvalue weighted by Gasteiger charge is -2.55. The van der Waals surface area contributed by atoms with Crippen molar-refractivity contribution in [2.24, 2.45) is 7.05 Å². The molecule has 2 aromatic rings. The van der Waals surface area contributed by atoms with Crippen LogP contribution >= 0.6 is 15.9 Å². The highest BCUT2D eigenvalue weighted by Crippen LogP contribution is 2.41. The summed E-state index contributed by atoms with van der Waals surface area (Å²) < 4.78 is 41.8. The van der Waals surface area contributed by atoms with Crippen LogP contribution in [0.25, 0.3) is 11.0 Å². The second-order valence-electron chi connectivity index (χ2n) is 10.2. The Kier molecular flexibility index (Phi) is 5.59. The lowest BCUT2D eigenvalue weighted by atomic mass is 9.88. The van der Waals surface area contributed by atoms with Gasteiger partial charge in [0.15, 0.2) is 11.4 Å². The Bertz CT molecular complexity index is 1080. The summed E-state index contributed by atoms with van der Waals surface area (Å²) in [4.78, 5) is 21.1. The molecule has 2 bridgehead atoms. The quantitative estimate of drug-likeness (QED) is 0.635. The van der Waals surface area contributed by atoms with Crippen LogP contribution in [0.1, 0.15) is 41.0 Å². The minimum Gasteiger partial charge on any atom is -0.444 e. The predicted molar refractivity (Wildman–Crippen MR) is 123 cm³/mol. The first kappa shape index (κ1) is 24.0. The fourth-order valence-corrected chi connectivity index (χ4v) is 4.66. The molecular weight excluding hydrogens is 502 g/mol. The van der Waals surface area contributed by atoms with Crippen molar-refractivity contribution < 1.29 is 28.2 Å². The third kappa shape index (κ3) is 4.25. The number of aromatic nitrogens is 2. The molecule has 33 heavy (non-hydrogen) atoms. The van der Waals surface area contributed by atoms with Crippen molar-refractivity contribution in [2.45, 2.75) is 70.4 Å². The Balaban J connectivity index is 1.62. The van der Waals surface area contributed by atoms with Gasteiger partial charge in [0.2, 0.25) is 5.95 Å². The number of piperidine rings is 1. The molecule has 3 aliphatic heterocycles. The fourth-order valence-electron chi connectivity index (χ4n) is 4.26. The second-order valence-corrected chi connectivity index (χ2v) is 11.1. The van der Waals surface area contributed by atoms with E-state index < -0.39 is 17.3 Å². The van der Waals surface area contributed by atoms with Crippen molar-refractivity contribution in [3.63, 3.8) is 0 Å². The van der Waals surface area contributed by atoms with Crippen LogP contribution in [0.3, 0.4) is 0 Å². The van der Waals surface area contributed by atoms with Gasteiger partial charge in [0, 0.05) is 24.6 Å². The molecular formula is C22H29BrF2N4O4. The molecule has 0 saturated carbocycles. The van der Waals surface area contributed by atoms with Gasteiger partial charge < -0.3 is 24.0 Å². The van der Waals surface area contributed by atoms with E-state index in [2.05, 4.69) is 15.9 Å².